The molecule has 0 aromatic heterocycles. The fraction of sp³-hybridized carbons (Fsp3) is 0.778. The number of fused-ring (bicyclic) bond motifs is 1. The van der Waals surface area contributed by atoms with Gasteiger partial charge in [-0.15, -0.1) is 0 Å². The van der Waals surface area contributed by atoms with Crippen molar-refractivity contribution in [2.24, 2.45) is 15.8 Å². The van der Waals surface area contributed by atoms with Gasteiger partial charge in [0.25, 0.3) is 5.91 Å². The van der Waals surface area contributed by atoms with Crippen molar-refractivity contribution in [1.82, 2.24) is 10.2 Å². The highest BCUT2D eigenvalue weighted by atomic mass is 19.3. The first-order valence-electron chi connectivity index (χ1n) is 8.50. The van der Waals surface area contributed by atoms with Gasteiger partial charge in [-0.25, -0.2) is 0 Å². The maximum Gasteiger partial charge on any atom is 0.315 e. The molecule has 24 heavy (non-hydrogen) atoms. The number of halogens is 2. The standard InChI is InChI=1S/C18H29F2N3O/c1-10-13(17(2,3)4)12-8-11(22-15(24)14(19)20)9-23(12)16(21-10)18(5,6)7/h10-11,14H,8-9H2,1-7H3,(H,22,24)/t10-,11-/m0/s1. The Kier molecular flexibility index (Phi) is 4.81. The van der Waals surface area contributed by atoms with Crippen molar-refractivity contribution in [2.75, 3.05) is 6.54 Å². The number of nitrogens with zero attached hydrogens (tertiary/aromatic N) is 2. The van der Waals surface area contributed by atoms with Crippen LogP contribution in [0.4, 0.5) is 8.78 Å². The average molecular weight is 341 g/mol. The van der Waals surface area contributed by atoms with Crippen LogP contribution in [0.15, 0.2) is 16.3 Å². The lowest BCUT2D eigenvalue weighted by Gasteiger charge is -2.41. The molecule has 2 heterocycles. The molecule has 0 bridgehead atoms. The largest absolute Gasteiger partial charge is 0.346 e. The quantitative estimate of drug-likeness (QED) is 0.834. The molecule has 2 atom stereocenters. The van der Waals surface area contributed by atoms with Crippen molar-refractivity contribution >= 4 is 11.7 Å². The molecule has 0 aromatic carbocycles. The number of amides is 1. The molecular formula is C18H29F2N3O. The first kappa shape index (κ1) is 18.9. The predicted octanol–water partition coefficient (Wildman–Crippen LogP) is 3.59. The third-order valence-electron chi connectivity index (χ3n) is 4.49. The Hall–Kier alpha value is -1.46. The zero-order chi connectivity index (χ0) is 18.4. The number of amidine groups is 1. The number of rotatable bonds is 2. The van der Waals surface area contributed by atoms with Crippen molar-refractivity contribution in [2.45, 2.75) is 73.4 Å². The van der Waals surface area contributed by atoms with Gasteiger partial charge in [-0.1, -0.05) is 41.5 Å². The molecule has 0 aliphatic carbocycles. The SMILES string of the molecule is C[C@@H]1N=C(C(C)(C)C)N2C[C@@H](NC(=O)C(F)F)CC2=C1C(C)(C)C. The summed E-state index contributed by atoms with van der Waals surface area (Å²) in [5.41, 5.74) is 2.14. The lowest BCUT2D eigenvalue weighted by Crippen LogP contribution is -2.45. The van der Waals surface area contributed by atoms with Gasteiger partial charge in [-0.2, -0.15) is 8.78 Å². The van der Waals surface area contributed by atoms with Gasteiger partial charge < -0.3 is 10.2 Å². The third-order valence-corrected chi connectivity index (χ3v) is 4.49. The predicted molar refractivity (Wildman–Crippen MR) is 92.1 cm³/mol. The summed E-state index contributed by atoms with van der Waals surface area (Å²) < 4.78 is 25.2. The molecule has 0 spiro atoms. The lowest BCUT2D eigenvalue weighted by molar-refractivity contribution is -0.132. The number of aliphatic imine (C=N–C) groups is 1. The van der Waals surface area contributed by atoms with E-state index in [2.05, 4.69) is 58.7 Å². The van der Waals surface area contributed by atoms with E-state index in [4.69, 9.17) is 4.99 Å². The number of hydrogen-bond donors (Lipinski definition) is 1. The van der Waals surface area contributed by atoms with E-state index < -0.39 is 12.3 Å². The zero-order valence-corrected chi connectivity index (χ0v) is 15.7. The van der Waals surface area contributed by atoms with E-state index in [1.54, 1.807) is 0 Å². The number of carbonyl (C=O) groups is 1. The number of nitrogens with one attached hydrogen (secondary N) is 1. The highest BCUT2D eigenvalue weighted by molar-refractivity contribution is 5.91. The number of alkyl halides is 2. The van der Waals surface area contributed by atoms with E-state index in [0.29, 0.717) is 13.0 Å². The van der Waals surface area contributed by atoms with Gasteiger partial charge in [0.1, 0.15) is 5.84 Å². The summed E-state index contributed by atoms with van der Waals surface area (Å²) in [6.45, 7) is 15.3. The number of hydrogen-bond acceptors (Lipinski definition) is 3. The van der Waals surface area contributed by atoms with Gasteiger partial charge in [0.05, 0.1) is 12.1 Å². The van der Waals surface area contributed by atoms with Gasteiger partial charge >= 0.3 is 6.43 Å². The molecule has 2 rings (SSSR count). The van der Waals surface area contributed by atoms with Gasteiger partial charge in [0, 0.05) is 24.1 Å². The Morgan fingerprint density at radius 2 is 1.79 bits per heavy atom. The molecular weight excluding hydrogens is 312 g/mol. The third kappa shape index (κ3) is 3.62. The maximum atomic E-state index is 12.6. The van der Waals surface area contributed by atoms with Gasteiger partial charge in [0.15, 0.2) is 0 Å². The molecule has 0 aromatic rings. The summed E-state index contributed by atoms with van der Waals surface area (Å²) in [4.78, 5) is 18.5. The van der Waals surface area contributed by atoms with Crippen molar-refractivity contribution < 1.29 is 13.6 Å². The van der Waals surface area contributed by atoms with Crippen molar-refractivity contribution in [3.05, 3.63) is 11.3 Å². The molecule has 4 nitrogen and oxygen atoms in total. The molecule has 1 N–H and O–H groups in total. The van der Waals surface area contributed by atoms with Crippen LogP contribution < -0.4 is 5.32 Å². The Morgan fingerprint density at radius 3 is 2.25 bits per heavy atom. The van der Waals surface area contributed by atoms with Crippen LogP contribution in [0.2, 0.25) is 0 Å². The maximum absolute atomic E-state index is 12.6. The molecule has 1 fully saturated rings. The highest BCUT2D eigenvalue weighted by Gasteiger charge is 2.43. The van der Waals surface area contributed by atoms with Crippen LogP contribution in [-0.4, -0.2) is 41.7 Å². The first-order chi connectivity index (χ1) is 10.8. The van der Waals surface area contributed by atoms with Gasteiger partial charge in [-0.3, -0.25) is 9.79 Å². The van der Waals surface area contributed by atoms with Crippen molar-refractivity contribution in [1.29, 1.82) is 0 Å². The highest BCUT2D eigenvalue weighted by Crippen LogP contribution is 2.42. The van der Waals surface area contributed by atoms with Crippen LogP contribution >= 0.6 is 0 Å². The minimum Gasteiger partial charge on any atom is -0.346 e. The van der Waals surface area contributed by atoms with Crippen LogP contribution in [0.25, 0.3) is 0 Å². The molecule has 1 saturated heterocycles. The Bertz CT molecular complexity index is 582. The van der Waals surface area contributed by atoms with E-state index in [0.717, 1.165) is 11.5 Å². The molecule has 0 radical (unpaired) electrons. The molecule has 2 aliphatic heterocycles. The van der Waals surface area contributed by atoms with Crippen LogP contribution in [-0.2, 0) is 4.79 Å². The van der Waals surface area contributed by atoms with Gasteiger partial charge in [0.2, 0.25) is 0 Å². The van der Waals surface area contributed by atoms with Crippen LogP contribution in [0, 0.1) is 10.8 Å². The lowest BCUT2D eigenvalue weighted by atomic mass is 9.79. The Labute approximate surface area is 143 Å². The normalized spacial score (nSPS) is 25.1. The summed E-state index contributed by atoms with van der Waals surface area (Å²) in [6.07, 6.45) is -2.40. The minimum absolute atomic E-state index is 0.0509. The van der Waals surface area contributed by atoms with E-state index in [1.807, 2.05) is 0 Å². The van der Waals surface area contributed by atoms with Crippen LogP contribution in [0.5, 0.6) is 0 Å². The van der Waals surface area contributed by atoms with E-state index in [1.165, 1.54) is 5.57 Å². The molecule has 1 amide bonds. The summed E-state index contributed by atoms with van der Waals surface area (Å²) >= 11 is 0. The smallest absolute Gasteiger partial charge is 0.315 e. The molecule has 0 saturated carbocycles. The van der Waals surface area contributed by atoms with E-state index in [-0.39, 0.29) is 22.9 Å². The first-order valence-corrected chi connectivity index (χ1v) is 8.50. The minimum atomic E-state index is -2.98. The summed E-state index contributed by atoms with van der Waals surface area (Å²) in [5.74, 6) is -0.230. The summed E-state index contributed by atoms with van der Waals surface area (Å²) in [5, 5.41) is 2.47. The van der Waals surface area contributed by atoms with E-state index >= 15 is 0 Å². The van der Waals surface area contributed by atoms with Crippen LogP contribution in [0.3, 0.4) is 0 Å². The molecule has 0 unspecified atom stereocenters. The second-order valence-electron chi connectivity index (χ2n) is 8.81. The van der Waals surface area contributed by atoms with Gasteiger partial charge in [-0.05, 0) is 17.9 Å². The van der Waals surface area contributed by atoms with Crippen LogP contribution in [0.1, 0.15) is 54.9 Å². The second-order valence-corrected chi connectivity index (χ2v) is 8.81. The van der Waals surface area contributed by atoms with Crippen molar-refractivity contribution in [3.8, 4) is 0 Å². The van der Waals surface area contributed by atoms with E-state index in [9.17, 15) is 13.6 Å². The second kappa shape index (κ2) is 6.12. The Balaban J connectivity index is 2.40. The number of carbonyl (C=O) groups excluding carboxylic acids is 1. The molecule has 6 heteroatoms. The summed E-state index contributed by atoms with van der Waals surface area (Å²) in [7, 11) is 0. The Morgan fingerprint density at radius 1 is 1.21 bits per heavy atom. The van der Waals surface area contributed by atoms with Crippen molar-refractivity contribution in [3.63, 3.8) is 0 Å². The topological polar surface area (TPSA) is 44.7 Å². The monoisotopic (exact) mass is 341 g/mol. The average Bonchev–Trinajstić information content (AvgIpc) is 2.77. The fourth-order valence-electron chi connectivity index (χ4n) is 3.79. The summed E-state index contributed by atoms with van der Waals surface area (Å²) in [6, 6.07) is -0.258. The zero-order valence-electron chi connectivity index (χ0n) is 15.7. The molecule has 136 valence electrons. The molecule has 2 aliphatic rings. The fourth-order valence-corrected chi connectivity index (χ4v) is 3.79.